The van der Waals surface area contributed by atoms with Gasteiger partial charge in [0.25, 0.3) is 5.91 Å². The van der Waals surface area contributed by atoms with Crippen molar-refractivity contribution in [3.05, 3.63) is 82.5 Å². The molecule has 0 atom stereocenters. The Hall–Kier alpha value is -3.16. The summed E-state index contributed by atoms with van der Waals surface area (Å²) in [6.45, 7) is 1.94. The highest BCUT2D eigenvalue weighted by Gasteiger charge is 2.34. The minimum absolute atomic E-state index is 0.182. The molecule has 1 aliphatic rings. The smallest absolute Gasteiger partial charge is 0.335 e. The molecule has 3 aromatic rings. The number of anilines is 1. The summed E-state index contributed by atoms with van der Waals surface area (Å²) in [6, 6.07) is 17.6. The molecule has 2 aromatic carbocycles. The summed E-state index contributed by atoms with van der Waals surface area (Å²) >= 11 is 6.65. The van der Waals surface area contributed by atoms with Crippen LogP contribution in [0.5, 0.6) is 0 Å². The van der Waals surface area contributed by atoms with Gasteiger partial charge < -0.3 is 9.52 Å². The number of amides is 1. The maximum absolute atomic E-state index is 12.9. The molecule has 0 spiro atoms. The van der Waals surface area contributed by atoms with Crippen LogP contribution < -0.4 is 4.90 Å². The van der Waals surface area contributed by atoms with Crippen molar-refractivity contribution < 1.29 is 19.1 Å². The Morgan fingerprint density at radius 2 is 1.83 bits per heavy atom. The first kappa shape index (κ1) is 19.2. The van der Waals surface area contributed by atoms with E-state index in [-0.39, 0.29) is 11.5 Å². The number of rotatable bonds is 4. The van der Waals surface area contributed by atoms with Crippen LogP contribution in [0.25, 0.3) is 17.4 Å². The lowest BCUT2D eigenvalue weighted by Gasteiger charge is -2.16. The number of aryl methyl sites for hydroxylation is 1. The molecule has 1 N–H and O–H groups in total. The SMILES string of the molecule is Cc1ccccc1N1C(=O)/C(=C/c2ccc(-c3ccc(C(=O)O)cc3)o2)SC1=S. The van der Waals surface area contributed by atoms with Crippen molar-refractivity contribution >= 4 is 51.9 Å². The number of hydrogen-bond donors (Lipinski definition) is 1. The molecule has 0 saturated carbocycles. The molecule has 0 unspecified atom stereocenters. The topological polar surface area (TPSA) is 70.8 Å². The van der Waals surface area contributed by atoms with Gasteiger partial charge in [0.05, 0.1) is 16.2 Å². The highest BCUT2D eigenvalue weighted by molar-refractivity contribution is 8.27. The fourth-order valence-corrected chi connectivity index (χ4v) is 4.25. The summed E-state index contributed by atoms with van der Waals surface area (Å²) in [4.78, 5) is 25.9. The number of carboxylic acids is 1. The van der Waals surface area contributed by atoms with E-state index in [4.69, 9.17) is 21.7 Å². The van der Waals surface area contributed by atoms with Gasteiger partial charge in [0.2, 0.25) is 0 Å². The van der Waals surface area contributed by atoms with Gasteiger partial charge in [-0.1, -0.05) is 54.3 Å². The molecule has 0 aliphatic carbocycles. The van der Waals surface area contributed by atoms with Crippen LogP contribution in [0.4, 0.5) is 5.69 Å². The van der Waals surface area contributed by atoms with Crippen molar-refractivity contribution in [2.45, 2.75) is 6.92 Å². The van der Waals surface area contributed by atoms with Gasteiger partial charge in [0.15, 0.2) is 4.32 Å². The van der Waals surface area contributed by atoms with Gasteiger partial charge in [-0.2, -0.15) is 0 Å². The summed E-state index contributed by atoms with van der Waals surface area (Å²) in [6.07, 6.45) is 1.67. The van der Waals surface area contributed by atoms with Crippen LogP contribution in [0, 0.1) is 6.92 Å². The van der Waals surface area contributed by atoms with E-state index >= 15 is 0 Å². The zero-order valence-corrected chi connectivity index (χ0v) is 16.9. The van der Waals surface area contributed by atoms with Crippen LogP contribution in [0.15, 0.2) is 70.0 Å². The molecule has 1 saturated heterocycles. The number of furan rings is 1. The lowest BCUT2D eigenvalue weighted by Crippen LogP contribution is -2.28. The zero-order valence-electron chi connectivity index (χ0n) is 15.3. The van der Waals surface area contributed by atoms with Crippen molar-refractivity contribution in [3.8, 4) is 11.3 Å². The van der Waals surface area contributed by atoms with E-state index in [0.29, 0.717) is 20.7 Å². The van der Waals surface area contributed by atoms with Gasteiger partial charge in [-0.15, -0.1) is 0 Å². The van der Waals surface area contributed by atoms with E-state index in [2.05, 4.69) is 0 Å². The standard InChI is InChI=1S/C22H15NO4S2/c1-13-4-2-3-5-17(13)23-20(24)19(29-22(23)28)12-16-10-11-18(27-16)14-6-8-15(9-7-14)21(25)26/h2-12H,1H3,(H,25,26)/b19-12-. The second-order valence-corrected chi connectivity index (χ2v) is 8.06. The van der Waals surface area contributed by atoms with Crippen molar-refractivity contribution in [2.24, 2.45) is 0 Å². The van der Waals surface area contributed by atoms with Gasteiger partial charge in [-0.05, 0) is 42.8 Å². The first-order valence-electron chi connectivity index (χ1n) is 8.71. The fraction of sp³-hybridized carbons (Fsp3) is 0.0455. The molecule has 0 radical (unpaired) electrons. The summed E-state index contributed by atoms with van der Waals surface area (Å²) in [5.74, 6) is -0.0550. The molecule has 5 nitrogen and oxygen atoms in total. The Kier molecular flexibility index (Phi) is 5.08. The molecular formula is C22H15NO4S2. The number of carbonyl (C=O) groups excluding carboxylic acids is 1. The van der Waals surface area contributed by atoms with Crippen molar-refractivity contribution in [3.63, 3.8) is 0 Å². The van der Waals surface area contributed by atoms with Crippen molar-refractivity contribution in [2.75, 3.05) is 4.90 Å². The zero-order chi connectivity index (χ0) is 20.5. The summed E-state index contributed by atoms with van der Waals surface area (Å²) in [7, 11) is 0. The lowest BCUT2D eigenvalue weighted by molar-refractivity contribution is -0.113. The molecule has 144 valence electrons. The molecular weight excluding hydrogens is 406 g/mol. The van der Waals surface area contributed by atoms with E-state index in [1.54, 1.807) is 30.3 Å². The second kappa shape index (κ2) is 7.69. The molecule has 29 heavy (non-hydrogen) atoms. The highest BCUT2D eigenvalue weighted by Crippen LogP contribution is 2.37. The number of thiocarbonyl (C=S) groups is 1. The van der Waals surface area contributed by atoms with Gasteiger partial charge >= 0.3 is 5.97 Å². The van der Waals surface area contributed by atoms with Crippen molar-refractivity contribution in [1.82, 2.24) is 0 Å². The van der Waals surface area contributed by atoms with Gasteiger partial charge in [-0.25, -0.2) is 4.79 Å². The minimum atomic E-state index is -0.979. The third kappa shape index (κ3) is 3.74. The van der Waals surface area contributed by atoms with Crippen LogP contribution in [0.1, 0.15) is 21.7 Å². The van der Waals surface area contributed by atoms with E-state index in [0.717, 1.165) is 16.8 Å². The molecule has 4 rings (SSSR count). The van der Waals surface area contributed by atoms with Crippen molar-refractivity contribution in [1.29, 1.82) is 0 Å². The number of carboxylic acid groups (broad SMARTS) is 1. The molecule has 7 heteroatoms. The Morgan fingerprint density at radius 3 is 2.52 bits per heavy atom. The Bertz CT molecular complexity index is 1160. The second-order valence-electron chi connectivity index (χ2n) is 6.39. The van der Waals surface area contributed by atoms with E-state index < -0.39 is 5.97 Å². The van der Waals surface area contributed by atoms with Crippen LogP contribution in [-0.2, 0) is 4.79 Å². The normalized spacial score (nSPS) is 15.3. The van der Waals surface area contributed by atoms with E-state index in [1.807, 2.05) is 31.2 Å². The van der Waals surface area contributed by atoms with Crippen LogP contribution in [0.3, 0.4) is 0 Å². The average Bonchev–Trinajstić information content (AvgIpc) is 3.27. The molecule has 2 heterocycles. The van der Waals surface area contributed by atoms with E-state index in [9.17, 15) is 9.59 Å². The fourth-order valence-electron chi connectivity index (χ4n) is 2.98. The van der Waals surface area contributed by atoms with Gasteiger partial charge in [-0.3, -0.25) is 9.69 Å². The number of carbonyl (C=O) groups is 2. The number of para-hydroxylation sites is 1. The van der Waals surface area contributed by atoms with Gasteiger partial charge in [0, 0.05) is 11.6 Å². The first-order chi connectivity index (χ1) is 13.9. The Morgan fingerprint density at radius 1 is 1.10 bits per heavy atom. The third-order valence-electron chi connectivity index (χ3n) is 4.47. The van der Waals surface area contributed by atoms with Crippen LogP contribution in [0.2, 0.25) is 0 Å². The summed E-state index contributed by atoms with van der Waals surface area (Å²) in [5, 5.41) is 9.00. The Balaban J connectivity index is 1.59. The Labute approximate surface area is 176 Å². The first-order valence-corrected chi connectivity index (χ1v) is 9.93. The van der Waals surface area contributed by atoms with Crippen LogP contribution in [-0.4, -0.2) is 21.3 Å². The van der Waals surface area contributed by atoms with Gasteiger partial charge in [0.1, 0.15) is 11.5 Å². The molecule has 1 amide bonds. The number of thioether (sulfide) groups is 1. The van der Waals surface area contributed by atoms with E-state index in [1.165, 1.54) is 28.8 Å². The predicted molar refractivity (Wildman–Crippen MR) is 118 cm³/mol. The average molecular weight is 421 g/mol. The molecule has 1 fully saturated rings. The number of hydrogen-bond acceptors (Lipinski definition) is 5. The molecule has 1 aromatic heterocycles. The summed E-state index contributed by atoms with van der Waals surface area (Å²) < 4.78 is 6.31. The summed E-state index contributed by atoms with van der Waals surface area (Å²) in [5.41, 5.74) is 2.70. The molecule has 1 aliphatic heterocycles. The molecule has 0 bridgehead atoms. The monoisotopic (exact) mass is 421 g/mol. The maximum atomic E-state index is 12.9. The number of nitrogens with zero attached hydrogens (tertiary/aromatic N) is 1. The predicted octanol–water partition coefficient (Wildman–Crippen LogP) is 5.36. The maximum Gasteiger partial charge on any atom is 0.335 e. The highest BCUT2D eigenvalue weighted by atomic mass is 32.2. The number of benzene rings is 2. The number of aromatic carboxylic acids is 1. The largest absolute Gasteiger partial charge is 0.478 e. The minimum Gasteiger partial charge on any atom is -0.478 e. The lowest BCUT2D eigenvalue weighted by atomic mass is 10.1. The third-order valence-corrected chi connectivity index (χ3v) is 5.77. The quantitative estimate of drug-likeness (QED) is 0.452. The van der Waals surface area contributed by atoms with Crippen LogP contribution >= 0.6 is 24.0 Å².